The first-order valence-corrected chi connectivity index (χ1v) is 11.8. The second-order valence-corrected chi connectivity index (χ2v) is 9.75. The van der Waals surface area contributed by atoms with E-state index in [2.05, 4.69) is 17.0 Å². The summed E-state index contributed by atoms with van der Waals surface area (Å²) < 4.78 is 28.6. The van der Waals surface area contributed by atoms with Crippen LogP contribution in [0.15, 0.2) is 59.5 Å². The second-order valence-electron chi connectivity index (χ2n) is 8.04. The number of nitrogens with one attached hydrogen (secondary N) is 2. The van der Waals surface area contributed by atoms with E-state index in [4.69, 9.17) is 0 Å². The van der Waals surface area contributed by atoms with Crippen molar-refractivity contribution in [3.63, 3.8) is 0 Å². The standard InChI is InChI=1S/C23H30N2O3S/c1-17-12-14-20(15-13-17)29(27,28)25-22(19-9-4-3-5-10-19)16-23(26)24-21-11-7-6-8-18(21)2/h3-5,9-10,12-15,18,21-22,25H,6-8,11,16H2,1-2H3,(H,24,26)/t18-,21+,22+/m0/s1. The van der Waals surface area contributed by atoms with Gasteiger partial charge in [0.1, 0.15) is 0 Å². The Balaban J connectivity index is 1.76. The van der Waals surface area contributed by atoms with E-state index in [9.17, 15) is 13.2 Å². The van der Waals surface area contributed by atoms with Crippen LogP contribution < -0.4 is 10.0 Å². The van der Waals surface area contributed by atoms with Crippen LogP contribution in [-0.2, 0) is 14.8 Å². The maximum absolute atomic E-state index is 12.9. The average Bonchev–Trinajstić information content (AvgIpc) is 2.70. The zero-order valence-corrected chi connectivity index (χ0v) is 17.9. The maximum atomic E-state index is 12.9. The third-order valence-corrected chi connectivity index (χ3v) is 7.17. The monoisotopic (exact) mass is 414 g/mol. The van der Waals surface area contributed by atoms with Gasteiger partial charge in [-0.1, -0.05) is 67.8 Å². The van der Waals surface area contributed by atoms with Crippen molar-refractivity contribution in [2.75, 3.05) is 0 Å². The molecule has 6 heteroatoms. The molecule has 0 aliphatic heterocycles. The topological polar surface area (TPSA) is 75.3 Å². The van der Waals surface area contributed by atoms with Crippen molar-refractivity contribution in [1.29, 1.82) is 0 Å². The molecule has 1 fully saturated rings. The molecule has 0 aromatic heterocycles. The van der Waals surface area contributed by atoms with Crippen molar-refractivity contribution in [2.45, 2.75) is 62.9 Å². The highest BCUT2D eigenvalue weighted by Crippen LogP contribution is 2.25. The number of aryl methyl sites for hydroxylation is 1. The highest BCUT2D eigenvalue weighted by molar-refractivity contribution is 7.89. The molecule has 1 aliphatic carbocycles. The Morgan fingerprint density at radius 1 is 1.03 bits per heavy atom. The molecule has 2 aromatic rings. The molecule has 29 heavy (non-hydrogen) atoms. The van der Waals surface area contributed by atoms with Gasteiger partial charge in [-0.2, -0.15) is 0 Å². The van der Waals surface area contributed by atoms with E-state index < -0.39 is 16.1 Å². The van der Waals surface area contributed by atoms with Crippen LogP contribution in [0, 0.1) is 12.8 Å². The zero-order chi connectivity index (χ0) is 20.9. The lowest BCUT2D eigenvalue weighted by Gasteiger charge is -2.30. The fourth-order valence-electron chi connectivity index (χ4n) is 3.87. The Labute approximate surface area is 174 Å². The van der Waals surface area contributed by atoms with Gasteiger partial charge in [0.15, 0.2) is 0 Å². The normalized spacial score (nSPS) is 20.8. The fourth-order valence-corrected chi connectivity index (χ4v) is 5.09. The van der Waals surface area contributed by atoms with Crippen molar-refractivity contribution in [1.82, 2.24) is 10.0 Å². The Kier molecular flexibility index (Phi) is 7.09. The number of amides is 1. The van der Waals surface area contributed by atoms with Gasteiger partial charge in [0.25, 0.3) is 0 Å². The minimum Gasteiger partial charge on any atom is -0.353 e. The summed E-state index contributed by atoms with van der Waals surface area (Å²) in [4.78, 5) is 13.0. The van der Waals surface area contributed by atoms with Gasteiger partial charge in [-0.05, 0) is 43.4 Å². The summed E-state index contributed by atoms with van der Waals surface area (Å²) in [7, 11) is -3.74. The first-order chi connectivity index (χ1) is 13.8. The molecule has 0 unspecified atom stereocenters. The predicted octanol–water partition coefficient (Wildman–Crippen LogP) is 4.10. The van der Waals surface area contributed by atoms with Gasteiger partial charge < -0.3 is 5.32 Å². The molecule has 3 rings (SSSR count). The van der Waals surface area contributed by atoms with Gasteiger partial charge in [-0.3, -0.25) is 4.79 Å². The lowest BCUT2D eigenvalue weighted by molar-refractivity contribution is -0.122. The van der Waals surface area contributed by atoms with Gasteiger partial charge in [-0.15, -0.1) is 0 Å². The van der Waals surface area contributed by atoms with Gasteiger partial charge in [0, 0.05) is 12.5 Å². The van der Waals surface area contributed by atoms with Crippen LogP contribution in [0.5, 0.6) is 0 Å². The summed E-state index contributed by atoms with van der Waals surface area (Å²) in [5.74, 6) is 0.330. The molecule has 3 atom stereocenters. The molecule has 1 aliphatic rings. The average molecular weight is 415 g/mol. The highest BCUT2D eigenvalue weighted by Gasteiger charge is 2.27. The van der Waals surface area contributed by atoms with Crippen molar-refractivity contribution in [2.24, 2.45) is 5.92 Å². The Morgan fingerprint density at radius 2 is 1.69 bits per heavy atom. The largest absolute Gasteiger partial charge is 0.353 e. The van der Waals surface area contributed by atoms with Crippen LogP contribution >= 0.6 is 0 Å². The molecule has 2 aromatic carbocycles. The van der Waals surface area contributed by atoms with Crippen LogP contribution in [-0.4, -0.2) is 20.4 Å². The molecular weight excluding hydrogens is 384 g/mol. The number of hydrogen-bond acceptors (Lipinski definition) is 3. The summed E-state index contributed by atoms with van der Waals surface area (Å²) >= 11 is 0. The van der Waals surface area contributed by atoms with Crippen LogP contribution in [0.2, 0.25) is 0 Å². The summed E-state index contributed by atoms with van der Waals surface area (Å²) in [6.07, 6.45) is 4.50. The number of sulfonamides is 1. The summed E-state index contributed by atoms with van der Waals surface area (Å²) in [5.41, 5.74) is 1.76. The quantitative estimate of drug-likeness (QED) is 0.716. The van der Waals surface area contributed by atoms with E-state index in [-0.39, 0.29) is 23.3 Å². The molecule has 2 N–H and O–H groups in total. The molecule has 0 spiro atoms. The Morgan fingerprint density at radius 3 is 2.34 bits per heavy atom. The molecule has 0 heterocycles. The number of carbonyl (C=O) groups is 1. The lowest BCUT2D eigenvalue weighted by Crippen LogP contribution is -2.42. The van der Waals surface area contributed by atoms with E-state index in [0.29, 0.717) is 5.92 Å². The molecule has 1 amide bonds. The molecule has 0 radical (unpaired) electrons. The van der Waals surface area contributed by atoms with Crippen molar-refractivity contribution in [3.8, 4) is 0 Å². The van der Waals surface area contributed by atoms with Crippen molar-refractivity contribution in [3.05, 3.63) is 65.7 Å². The predicted molar refractivity (Wildman–Crippen MR) is 115 cm³/mol. The van der Waals surface area contributed by atoms with Gasteiger partial charge in [-0.25, -0.2) is 13.1 Å². The van der Waals surface area contributed by atoms with E-state index in [0.717, 1.165) is 30.4 Å². The summed E-state index contributed by atoms with van der Waals surface area (Å²) in [6.45, 7) is 4.08. The fraction of sp³-hybridized carbons (Fsp3) is 0.435. The van der Waals surface area contributed by atoms with Gasteiger partial charge in [0.2, 0.25) is 15.9 Å². The molecule has 0 saturated heterocycles. The summed E-state index contributed by atoms with van der Waals surface area (Å²) in [5, 5.41) is 3.13. The van der Waals surface area contributed by atoms with Crippen molar-refractivity contribution >= 4 is 15.9 Å². The molecular formula is C23H30N2O3S. The first-order valence-electron chi connectivity index (χ1n) is 10.3. The lowest BCUT2D eigenvalue weighted by atomic mass is 9.86. The van der Waals surface area contributed by atoms with Crippen LogP contribution in [0.3, 0.4) is 0 Å². The van der Waals surface area contributed by atoms with Gasteiger partial charge in [0.05, 0.1) is 10.9 Å². The molecule has 5 nitrogen and oxygen atoms in total. The number of carbonyl (C=O) groups excluding carboxylic acids is 1. The smallest absolute Gasteiger partial charge is 0.241 e. The van der Waals surface area contributed by atoms with E-state index in [1.54, 1.807) is 24.3 Å². The first kappa shape index (κ1) is 21.5. The van der Waals surface area contributed by atoms with E-state index in [1.165, 1.54) is 6.42 Å². The number of benzene rings is 2. The number of rotatable bonds is 7. The van der Waals surface area contributed by atoms with Crippen molar-refractivity contribution < 1.29 is 13.2 Å². The van der Waals surface area contributed by atoms with Crippen LogP contribution in [0.4, 0.5) is 0 Å². The maximum Gasteiger partial charge on any atom is 0.241 e. The molecule has 1 saturated carbocycles. The van der Waals surface area contributed by atoms with Gasteiger partial charge >= 0.3 is 0 Å². The summed E-state index contributed by atoms with van der Waals surface area (Å²) in [6, 6.07) is 15.5. The molecule has 156 valence electrons. The molecule has 0 bridgehead atoms. The zero-order valence-electron chi connectivity index (χ0n) is 17.1. The Bertz CT molecular complexity index is 911. The third kappa shape index (κ3) is 5.90. The van der Waals surface area contributed by atoms with Crippen LogP contribution in [0.1, 0.15) is 56.2 Å². The second kappa shape index (κ2) is 9.55. The SMILES string of the molecule is Cc1ccc(S(=O)(=O)N[C@H](CC(=O)N[C@@H]2CCCC[C@@H]2C)c2ccccc2)cc1. The van der Waals surface area contributed by atoms with Crippen LogP contribution in [0.25, 0.3) is 0 Å². The van der Waals surface area contributed by atoms with E-state index in [1.807, 2.05) is 37.3 Å². The number of hydrogen-bond donors (Lipinski definition) is 2. The van der Waals surface area contributed by atoms with E-state index >= 15 is 0 Å². The highest BCUT2D eigenvalue weighted by atomic mass is 32.2. The Hall–Kier alpha value is -2.18. The minimum absolute atomic E-state index is 0.0678. The third-order valence-electron chi connectivity index (χ3n) is 5.68. The minimum atomic E-state index is -3.74.